The Kier molecular flexibility index (Phi) is 4.22. The zero-order valence-corrected chi connectivity index (χ0v) is 11.9. The molecular formula is C13H16BrNO3. The maximum atomic E-state index is 11.2. The van der Waals surface area contributed by atoms with Crippen molar-refractivity contribution in [2.75, 3.05) is 7.11 Å². The molecule has 5 heteroatoms. The molecule has 0 heterocycles. The number of methoxy groups -OCH3 is 1. The third-order valence-corrected chi connectivity index (χ3v) is 4.16. The maximum absolute atomic E-state index is 11.2. The fourth-order valence-corrected chi connectivity index (χ4v) is 3.14. The van der Waals surface area contributed by atoms with E-state index in [0.29, 0.717) is 11.7 Å². The van der Waals surface area contributed by atoms with Crippen molar-refractivity contribution in [2.24, 2.45) is 0 Å². The molecule has 0 N–H and O–H groups in total. The van der Waals surface area contributed by atoms with E-state index in [1.807, 2.05) is 6.07 Å². The molecule has 1 fully saturated rings. The monoisotopic (exact) mass is 313 g/mol. The second-order valence-corrected chi connectivity index (χ2v) is 5.49. The second-order valence-electron chi connectivity index (χ2n) is 4.64. The van der Waals surface area contributed by atoms with Crippen molar-refractivity contribution in [1.82, 2.24) is 0 Å². The number of rotatable bonds is 3. The quantitative estimate of drug-likeness (QED) is 0.613. The Bertz CT molecular complexity index is 456. The van der Waals surface area contributed by atoms with Crippen LogP contribution in [0.3, 0.4) is 0 Å². The average Bonchev–Trinajstić information content (AvgIpc) is 2.39. The highest BCUT2D eigenvalue weighted by molar-refractivity contribution is 9.10. The first-order valence-electron chi connectivity index (χ1n) is 6.15. The first-order valence-corrected chi connectivity index (χ1v) is 6.94. The van der Waals surface area contributed by atoms with Crippen molar-refractivity contribution in [3.8, 4) is 5.75 Å². The molecule has 1 aromatic rings. The number of benzene rings is 1. The van der Waals surface area contributed by atoms with Gasteiger partial charge in [-0.25, -0.2) is 0 Å². The Morgan fingerprint density at radius 1 is 1.33 bits per heavy atom. The predicted molar refractivity (Wildman–Crippen MR) is 73.2 cm³/mol. The zero-order chi connectivity index (χ0) is 13.1. The van der Waals surface area contributed by atoms with Crippen LogP contribution in [0.15, 0.2) is 16.6 Å². The number of nitro groups is 1. The number of hydrogen-bond donors (Lipinski definition) is 0. The van der Waals surface area contributed by atoms with E-state index in [2.05, 4.69) is 15.9 Å². The maximum Gasteiger partial charge on any atom is 0.276 e. The topological polar surface area (TPSA) is 52.4 Å². The summed E-state index contributed by atoms with van der Waals surface area (Å²) in [6, 6.07) is 3.38. The second kappa shape index (κ2) is 5.69. The lowest BCUT2D eigenvalue weighted by Crippen LogP contribution is -2.07. The van der Waals surface area contributed by atoms with Gasteiger partial charge in [0.25, 0.3) is 5.69 Å². The minimum atomic E-state index is -0.307. The molecule has 0 amide bonds. The summed E-state index contributed by atoms with van der Waals surface area (Å²) < 4.78 is 5.91. The summed E-state index contributed by atoms with van der Waals surface area (Å²) in [6.45, 7) is 0. The van der Waals surface area contributed by atoms with Crippen LogP contribution in [0.2, 0.25) is 0 Å². The van der Waals surface area contributed by atoms with E-state index in [-0.39, 0.29) is 10.6 Å². The first kappa shape index (κ1) is 13.3. The molecule has 1 saturated carbocycles. The van der Waals surface area contributed by atoms with Crippen molar-refractivity contribution in [1.29, 1.82) is 0 Å². The van der Waals surface area contributed by atoms with Crippen LogP contribution in [0.5, 0.6) is 5.75 Å². The van der Waals surface area contributed by atoms with Crippen molar-refractivity contribution in [3.63, 3.8) is 0 Å². The van der Waals surface area contributed by atoms with E-state index >= 15 is 0 Å². The normalized spacial score (nSPS) is 16.6. The molecule has 4 nitrogen and oxygen atoms in total. The lowest BCUT2D eigenvalue weighted by atomic mass is 9.83. The number of halogens is 1. The van der Waals surface area contributed by atoms with Gasteiger partial charge in [-0.1, -0.05) is 19.3 Å². The van der Waals surface area contributed by atoms with Crippen LogP contribution in [0, 0.1) is 10.1 Å². The zero-order valence-electron chi connectivity index (χ0n) is 10.3. The third-order valence-electron chi connectivity index (χ3n) is 3.54. The van der Waals surface area contributed by atoms with Crippen molar-refractivity contribution >= 4 is 21.6 Å². The molecule has 1 aromatic carbocycles. The molecule has 0 aromatic heterocycles. The van der Waals surface area contributed by atoms with Gasteiger partial charge in [0.2, 0.25) is 0 Å². The molecular weight excluding hydrogens is 298 g/mol. The standard InChI is InChI=1S/C13H16BrNO3/c1-18-13-8-12(15(16)17)10(7-11(13)14)9-5-3-2-4-6-9/h7-9H,2-6H2,1H3. The Labute approximate surface area is 115 Å². The van der Waals surface area contributed by atoms with Gasteiger partial charge >= 0.3 is 0 Å². The van der Waals surface area contributed by atoms with Gasteiger partial charge in [-0.3, -0.25) is 10.1 Å². The SMILES string of the molecule is COc1cc([N+](=O)[O-])c(C2CCCCC2)cc1Br. The smallest absolute Gasteiger partial charge is 0.276 e. The fourth-order valence-electron chi connectivity index (χ4n) is 2.61. The molecule has 2 rings (SSSR count). The van der Waals surface area contributed by atoms with Gasteiger partial charge in [0.15, 0.2) is 0 Å². The minimum Gasteiger partial charge on any atom is -0.495 e. The lowest BCUT2D eigenvalue weighted by Gasteiger charge is -2.22. The Morgan fingerprint density at radius 3 is 2.56 bits per heavy atom. The third kappa shape index (κ3) is 2.66. The summed E-state index contributed by atoms with van der Waals surface area (Å²) >= 11 is 3.41. The van der Waals surface area contributed by atoms with Gasteiger partial charge < -0.3 is 4.74 Å². The van der Waals surface area contributed by atoms with E-state index in [1.165, 1.54) is 19.6 Å². The summed E-state index contributed by atoms with van der Waals surface area (Å²) in [6.07, 6.45) is 5.64. The molecule has 0 unspecified atom stereocenters. The van der Waals surface area contributed by atoms with Crippen LogP contribution >= 0.6 is 15.9 Å². The van der Waals surface area contributed by atoms with Crippen LogP contribution in [-0.4, -0.2) is 12.0 Å². The van der Waals surface area contributed by atoms with Crippen molar-refractivity contribution in [2.45, 2.75) is 38.0 Å². The molecule has 98 valence electrons. The predicted octanol–water partition coefficient (Wildman–Crippen LogP) is 4.41. The van der Waals surface area contributed by atoms with E-state index in [9.17, 15) is 10.1 Å². The summed E-state index contributed by atoms with van der Waals surface area (Å²) in [5.74, 6) is 0.822. The van der Waals surface area contributed by atoms with Crippen LogP contribution < -0.4 is 4.74 Å². The Balaban J connectivity index is 2.43. The van der Waals surface area contributed by atoms with Gasteiger partial charge in [-0.15, -0.1) is 0 Å². The van der Waals surface area contributed by atoms with Gasteiger partial charge in [-0.2, -0.15) is 0 Å². The summed E-state index contributed by atoms with van der Waals surface area (Å²) in [5.41, 5.74) is 1.02. The molecule has 18 heavy (non-hydrogen) atoms. The fraction of sp³-hybridized carbons (Fsp3) is 0.538. The van der Waals surface area contributed by atoms with Gasteiger partial charge in [0.05, 0.1) is 22.6 Å². The molecule has 0 aliphatic heterocycles. The van der Waals surface area contributed by atoms with E-state index < -0.39 is 0 Å². The highest BCUT2D eigenvalue weighted by Crippen LogP contribution is 2.41. The molecule has 1 aliphatic carbocycles. The van der Waals surface area contributed by atoms with Crippen LogP contribution in [0.25, 0.3) is 0 Å². The summed E-state index contributed by atoms with van der Waals surface area (Å²) in [4.78, 5) is 10.9. The average molecular weight is 314 g/mol. The summed E-state index contributed by atoms with van der Waals surface area (Å²) in [5, 5.41) is 11.2. The molecule has 0 bridgehead atoms. The van der Waals surface area contributed by atoms with Gasteiger partial charge in [0.1, 0.15) is 5.75 Å². The van der Waals surface area contributed by atoms with E-state index in [0.717, 1.165) is 35.7 Å². The van der Waals surface area contributed by atoms with Gasteiger partial charge in [-0.05, 0) is 40.8 Å². The van der Waals surface area contributed by atoms with Gasteiger partial charge in [0, 0.05) is 5.56 Å². The summed E-state index contributed by atoms with van der Waals surface area (Å²) in [7, 11) is 1.52. The molecule has 0 spiro atoms. The number of nitrogens with zero attached hydrogens (tertiary/aromatic N) is 1. The lowest BCUT2D eigenvalue weighted by molar-refractivity contribution is -0.385. The van der Waals surface area contributed by atoms with E-state index in [4.69, 9.17) is 4.74 Å². The molecule has 0 saturated heterocycles. The highest BCUT2D eigenvalue weighted by Gasteiger charge is 2.25. The van der Waals surface area contributed by atoms with Crippen molar-refractivity contribution < 1.29 is 9.66 Å². The van der Waals surface area contributed by atoms with Crippen molar-refractivity contribution in [3.05, 3.63) is 32.3 Å². The number of nitro benzene ring substituents is 1. The molecule has 0 atom stereocenters. The van der Waals surface area contributed by atoms with Crippen LogP contribution in [0.1, 0.15) is 43.6 Å². The largest absolute Gasteiger partial charge is 0.495 e. The number of hydrogen-bond acceptors (Lipinski definition) is 3. The molecule has 1 aliphatic rings. The molecule has 0 radical (unpaired) electrons. The Hall–Kier alpha value is -1.10. The Morgan fingerprint density at radius 2 is 2.00 bits per heavy atom. The highest BCUT2D eigenvalue weighted by atomic mass is 79.9. The number of ether oxygens (including phenoxy) is 1. The first-order chi connectivity index (χ1) is 8.63. The van der Waals surface area contributed by atoms with Crippen LogP contribution in [-0.2, 0) is 0 Å². The van der Waals surface area contributed by atoms with E-state index in [1.54, 1.807) is 0 Å². The van der Waals surface area contributed by atoms with Crippen LogP contribution in [0.4, 0.5) is 5.69 Å². The minimum absolute atomic E-state index is 0.182.